The number of halogens is 2. The second kappa shape index (κ2) is 10.4. The van der Waals surface area contributed by atoms with Gasteiger partial charge in [-0.2, -0.15) is 0 Å². The summed E-state index contributed by atoms with van der Waals surface area (Å²) < 4.78 is 5.42. The molecule has 0 radical (unpaired) electrons. The van der Waals surface area contributed by atoms with Crippen LogP contribution in [0.4, 0.5) is 0 Å². The lowest BCUT2D eigenvalue weighted by Gasteiger charge is -2.36. The highest BCUT2D eigenvalue weighted by Crippen LogP contribution is 2.26. The lowest BCUT2D eigenvalue weighted by Crippen LogP contribution is -2.47. The van der Waals surface area contributed by atoms with Gasteiger partial charge in [-0.05, 0) is 18.4 Å². The normalized spacial score (nSPS) is 17.8. The summed E-state index contributed by atoms with van der Waals surface area (Å²) in [5.74, 6) is -0.0141. The van der Waals surface area contributed by atoms with Crippen LogP contribution in [0.2, 0.25) is 0 Å². The van der Waals surface area contributed by atoms with Crippen molar-refractivity contribution in [2.24, 2.45) is 5.73 Å². The first-order valence-electron chi connectivity index (χ1n) is 6.95. The highest BCUT2D eigenvalue weighted by atomic mass is 35.5. The first-order valence-corrected chi connectivity index (χ1v) is 7.83. The summed E-state index contributed by atoms with van der Waals surface area (Å²) in [5, 5.41) is 2.08. The Morgan fingerprint density at radius 1 is 1.45 bits per heavy atom. The Balaban J connectivity index is 0.00000220. The van der Waals surface area contributed by atoms with Gasteiger partial charge < -0.3 is 15.4 Å². The first-order chi connectivity index (χ1) is 9.59. The molecule has 1 aromatic heterocycles. The maximum atomic E-state index is 12.0. The molecule has 1 amide bonds. The van der Waals surface area contributed by atoms with Gasteiger partial charge in [0.2, 0.25) is 5.91 Å². The van der Waals surface area contributed by atoms with E-state index in [-0.39, 0.29) is 36.8 Å². The molecule has 0 aromatic carbocycles. The Morgan fingerprint density at radius 3 is 2.59 bits per heavy atom. The molecule has 1 aliphatic rings. The predicted molar refractivity (Wildman–Crippen MR) is 95.2 cm³/mol. The van der Waals surface area contributed by atoms with Crippen molar-refractivity contribution in [1.82, 2.24) is 9.80 Å². The van der Waals surface area contributed by atoms with E-state index in [2.05, 4.69) is 22.4 Å². The summed E-state index contributed by atoms with van der Waals surface area (Å²) in [6, 6.07) is 3.97. The van der Waals surface area contributed by atoms with Gasteiger partial charge in [-0.15, -0.1) is 36.2 Å². The molecule has 2 N–H and O–H groups in total. The molecule has 2 rings (SSSR count). The van der Waals surface area contributed by atoms with Crippen molar-refractivity contribution in [1.29, 1.82) is 0 Å². The number of likely N-dealkylation sites (N-methyl/N-ethyl adjacent to an activating group) is 1. The van der Waals surface area contributed by atoms with E-state index < -0.39 is 6.04 Å². The molecule has 2 atom stereocenters. The van der Waals surface area contributed by atoms with Crippen molar-refractivity contribution < 1.29 is 9.53 Å². The average Bonchev–Trinajstić information content (AvgIpc) is 2.98. The number of amides is 1. The predicted octanol–water partition coefficient (Wildman–Crippen LogP) is 1.77. The van der Waals surface area contributed by atoms with Gasteiger partial charge in [0, 0.05) is 31.6 Å². The topological polar surface area (TPSA) is 58.8 Å². The van der Waals surface area contributed by atoms with Crippen LogP contribution in [0.25, 0.3) is 0 Å². The molecule has 22 heavy (non-hydrogen) atoms. The van der Waals surface area contributed by atoms with Crippen LogP contribution in [-0.4, -0.2) is 61.6 Å². The summed E-state index contributed by atoms with van der Waals surface area (Å²) in [5.41, 5.74) is 5.69. The van der Waals surface area contributed by atoms with Gasteiger partial charge >= 0.3 is 0 Å². The van der Waals surface area contributed by atoms with E-state index in [1.54, 1.807) is 23.2 Å². The Bertz CT molecular complexity index is 426. The molecule has 0 bridgehead atoms. The van der Waals surface area contributed by atoms with Crippen LogP contribution in [0, 0.1) is 0 Å². The number of carbonyl (C=O) groups is 1. The zero-order valence-electron chi connectivity index (χ0n) is 12.9. The molecule has 2 heterocycles. The number of ether oxygens (including phenoxy) is 1. The molecule has 128 valence electrons. The minimum Gasteiger partial charge on any atom is -0.379 e. The molecule has 0 aliphatic carbocycles. The quantitative estimate of drug-likeness (QED) is 0.858. The highest BCUT2D eigenvalue weighted by Gasteiger charge is 2.26. The molecule has 0 saturated carbocycles. The van der Waals surface area contributed by atoms with Crippen LogP contribution in [-0.2, 0) is 9.53 Å². The Morgan fingerprint density at radius 2 is 2.09 bits per heavy atom. The van der Waals surface area contributed by atoms with Crippen LogP contribution < -0.4 is 5.73 Å². The van der Waals surface area contributed by atoms with Gasteiger partial charge in [0.15, 0.2) is 0 Å². The SMILES string of the molecule is C[C@@H](N)C(=O)N(C)CC(c1cccs1)N1CCOCC1.Cl.Cl. The third-order valence-corrected chi connectivity index (χ3v) is 4.54. The van der Waals surface area contributed by atoms with Crippen LogP contribution in [0.15, 0.2) is 17.5 Å². The van der Waals surface area contributed by atoms with Crippen LogP contribution in [0.1, 0.15) is 17.8 Å². The van der Waals surface area contributed by atoms with Gasteiger partial charge in [-0.25, -0.2) is 0 Å². The summed E-state index contributed by atoms with van der Waals surface area (Å²) in [4.78, 5) is 17.4. The summed E-state index contributed by atoms with van der Waals surface area (Å²) in [6.45, 7) is 5.72. The van der Waals surface area contributed by atoms with E-state index in [9.17, 15) is 4.79 Å². The van der Waals surface area contributed by atoms with Crippen LogP contribution >= 0.6 is 36.2 Å². The summed E-state index contributed by atoms with van der Waals surface area (Å²) in [7, 11) is 1.83. The fourth-order valence-electron chi connectivity index (χ4n) is 2.45. The first kappa shape index (κ1) is 21.6. The Hall–Kier alpha value is -0.370. The second-order valence-electron chi connectivity index (χ2n) is 5.19. The number of morpholine rings is 1. The monoisotopic (exact) mass is 369 g/mol. The van der Waals surface area contributed by atoms with Crippen molar-refractivity contribution in [3.8, 4) is 0 Å². The minimum absolute atomic E-state index is 0. The average molecular weight is 370 g/mol. The molecule has 1 aliphatic heterocycles. The van der Waals surface area contributed by atoms with E-state index in [1.165, 1.54) is 4.88 Å². The van der Waals surface area contributed by atoms with Gasteiger partial charge in [0.1, 0.15) is 0 Å². The smallest absolute Gasteiger partial charge is 0.239 e. The fourth-order valence-corrected chi connectivity index (χ4v) is 3.30. The minimum atomic E-state index is -0.450. The highest BCUT2D eigenvalue weighted by molar-refractivity contribution is 7.10. The molecule has 0 spiro atoms. The third-order valence-electron chi connectivity index (χ3n) is 3.57. The summed E-state index contributed by atoms with van der Waals surface area (Å²) in [6.07, 6.45) is 0. The Kier molecular flexibility index (Phi) is 10.2. The van der Waals surface area contributed by atoms with Gasteiger partial charge in [0.25, 0.3) is 0 Å². The maximum Gasteiger partial charge on any atom is 0.239 e. The van der Waals surface area contributed by atoms with Gasteiger partial charge in [-0.3, -0.25) is 9.69 Å². The standard InChI is InChI=1S/C14H23N3O2S.2ClH/c1-11(15)14(18)16(2)10-12(13-4-3-9-20-13)17-5-7-19-8-6-17;;/h3-4,9,11-12H,5-8,10,15H2,1-2H3;2*1H/t11-,12?;;/m1../s1. The molecule has 1 unspecified atom stereocenters. The lowest BCUT2D eigenvalue weighted by molar-refractivity contribution is -0.131. The Labute approximate surface area is 148 Å². The number of nitrogens with zero attached hydrogens (tertiary/aromatic N) is 2. The number of hydrogen-bond acceptors (Lipinski definition) is 5. The zero-order chi connectivity index (χ0) is 14.5. The van der Waals surface area contributed by atoms with Crippen molar-refractivity contribution >= 4 is 42.1 Å². The number of nitrogens with two attached hydrogens (primary N) is 1. The van der Waals surface area contributed by atoms with Crippen LogP contribution in [0.3, 0.4) is 0 Å². The van der Waals surface area contributed by atoms with E-state index >= 15 is 0 Å². The van der Waals surface area contributed by atoms with Crippen molar-refractivity contribution in [2.75, 3.05) is 39.9 Å². The molecular formula is C14H25Cl2N3O2S. The molecule has 1 saturated heterocycles. The van der Waals surface area contributed by atoms with Crippen molar-refractivity contribution in [3.05, 3.63) is 22.4 Å². The number of carbonyl (C=O) groups excluding carboxylic acids is 1. The number of thiophene rings is 1. The molecular weight excluding hydrogens is 345 g/mol. The van der Waals surface area contributed by atoms with E-state index in [1.807, 2.05) is 7.05 Å². The van der Waals surface area contributed by atoms with E-state index in [0.29, 0.717) is 6.54 Å². The largest absolute Gasteiger partial charge is 0.379 e. The van der Waals surface area contributed by atoms with Crippen LogP contribution in [0.5, 0.6) is 0 Å². The third kappa shape index (κ3) is 5.68. The van der Waals surface area contributed by atoms with E-state index in [0.717, 1.165) is 26.3 Å². The fraction of sp³-hybridized carbons (Fsp3) is 0.643. The van der Waals surface area contributed by atoms with E-state index in [4.69, 9.17) is 10.5 Å². The molecule has 5 nitrogen and oxygen atoms in total. The maximum absolute atomic E-state index is 12.0. The lowest BCUT2D eigenvalue weighted by atomic mass is 10.1. The summed E-state index contributed by atoms with van der Waals surface area (Å²) >= 11 is 1.74. The van der Waals surface area contributed by atoms with Crippen molar-refractivity contribution in [2.45, 2.75) is 19.0 Å². The second-order valence-corrected chi connectivity index (χ2v) is 6.17. The molecule has 1 fully saturated rings. The zero-order valence-corrected chi connectivity index (χ0v) is 15.4. The number of hydrogen-bond donors (Lipinski definition) is 1. The van der Waals surface area contributed by atoms with Crippen molar-refractivity contribution in [3.63, 3.8) is 0 Å². The van der Waals surface area contributed by atoms with Gasteiger partial charge in [0.05, 0.1) is 25.3 Å². The molecule has 1 aromatic rings. The van der Waals surface area contributed by atoms with Gasteiger partial charge in [-0.1, -0.05) is 6.07 Å². The molecule has 8 heteroatoms. The number of rotatable bonds is 5.